The van der Waals surface area contributed by atoms with Gasteiger partial charge in [0, 0.05) is 5.56 Å². The minimum absolute atomic E-state index is 0.0913. The largest absolute Gasteiger partial charge is 0.505 e. The average molecular weight is 273 g/mol. The quantitative estimate of drug-likeness (QED) is 0.859. The normalized spacial score (nSPS) is 16.4. The van der Waals surface area contributed by atoms with Gasteiger partial charge in [-0.2, -0.15) is 0 Å². The molecule has 104 valence electrons. The van der Waals surface area contributed by atoms with Crippen molar-refractivity contribution in [2.75, 3.05) is 14.2 Å². The molecule has 1 aliphatic rings. The van der Waals surface area contributed by atoms with Crippen molar-refractivity contribution in [1.82, 2.24) is 0 Å². The number of hydrogen-bond acceptors (Lipinski definition) is 5. The number of carbonyl (C=O) groups is 1. The summed E-state index contributed by atoms with van der Waals surface area (Å²) < 4.78 is 9.86. The molecule has 1 heterocycles. The molecule has 1 aromatic rings. The molecule has 0 atom stereocenters. The van der Waals surface area contributed by atoms with E-state index in [9.17, 15) is 9.90 Å². The molecule has 0 amide bonds. The van der Waals surface area contributed by atoms with Crippen LogP contribution in [-0.4, -0.2) is 31.0 Å². The van der Waals surface area contributed by atoms with E-state index < -0.39 is 5.97 Å². The first-order chi connectivity index (χ1) is 9.58. The topological polar surface area (TPSA) is 68.1 Å². The van der Waals surface area contributed by atoms with Crippen LogP contribution in [0.1, 0.15) is 12.5 Å². The number of para-hydroxylation sites is 1. The Balaban J connectivity index is 2.47. The molecule has 0 saturated carbocycles. The predicted molar refractivity (Wildman–Crippen MR) is 75.8 cm³/mol. The third-order valence-electron chi connectivity index (χ3n) is 2.95. The maximum atomic E-state index is 11.6. The molecule has 0 spiro atoms. The van der Waals surface area contributed by atoms with Gasteiger partial charge in [-0.25, -0.2) is 9.79 Å². The minimum atomic E-state index is -0.604. The lowest BCUT2D eigenvalue weighted by atomic mass is 10.1. The molecular weight excluding hydrogens is 258 g/mol. The van der Waals surface area contributed by atoms with E-state index in [1.54, 1.807) is 26.2 Å². The number of aliphatic imine (C=N–C) groups is 1. The zero-order chi connectivity index (χ0) is 14.7. The number of aliphatic hydroxyl groups is 1. The molecule has 0 bridgehead atoms. The fourth-order valence-electron chi connectivity index (χ4n) is 1.97. The van der Waals surface area contributed by atoms with E-state index in [2.05, 4.69) is 9.73 Å². The van der Waals surface area contributed by atoms with Gasteiger partial charge in [0.15, 0.2) is 5.76 Å². The monoisotopic (exact) mass is 273 g/mol. The van der Waals surface area contributed by atoms with E-state index in [0.29, 0.717) is 17.2 Å². The highest BCUT2D eigenvalue weighted by atomic mass is 16.5. The first-order valence-electron chi connectivity index (χ1n) is 6.00. The van der Waals surface area contributed by atoms with E-state index in [4.69, 9.17) is 4.74 Å². The van der Waals surface area contributed by atoms with Gasteiger partial charge in [0.05, 0.1) is 19.9 Å². The highest BCUT2D eigenvalue weighted by Crippen LogP contribution is 2.28. The second-order valence-electron chi connectivity index (χ2n) is 4.18. The van der Waals surface area contributed by atoms with Gasteiger partial charge in [0.2, 0.25) is 0 Å². The molecular formula is C15H15NO4. The number of ether oxygens (including phenoxy) is 2. The van der Waals surface area contributed by atoms with Gasteiger partial charge in [-0.15, -0.1) is 0 Å². The highest BCUT2D eigenvalue weighted by Gasteiger charge is 2.27. The first-order valence-corrected chi connectivity index (χ1v) is 6.00. The molecule has 5 nitrogen and oxygen atoms in total. The molecule has 0 unspecified atom stereocenters. The summed E-state index contributed by atoms with van der Waals surface area (Å²) in [5, 5.41) is 10.1. The Bertz CT molecular complexity index is 641. The van der Waals surface area contributed by atoms with Crippen molar-refractivity contribution in [3.8, 4) is 5.75 Å². The fraction of sp³-hybridized carbons (Fsp3) is 0.200. The summed E-state index contributed by atoms with van der Waals surface area (Å²) in [4.78, 5) is 15.8. The molecule has 1 aliphatic heterocycles. The average Bonchev–Trinajstić information content (AvgIpc) is 2.73. The second-order valence-corrected chi connectivity index (χ2v) is 4.18. The van der Waals surface area contributed by atoms with E-state index >= 15 is 0 Å². The Morgan fingerprint density at radius 2 is 2.00 bits per heavy atom. The van der Waals surface area contributed by atoms with Crippen LogP contribution in [0.3, 0.4) is 0 Å². The van der Waals surface area contributed by atoms with Crippen LogP contribution in [0.2, 0.25) is 0 Å². The zero-order valence-corrected chi connectivity index (χ0v) is 11.5. The van der Waals surface area contributed by atoms with E-state index in [-0.39, 0.29) is 11.3 Å². The third-order valence-corrected chi connectivity index (χ3v) is 2.95. The van der Waals surface area contributed by atoms with Gasteiger partial charge >= 0.3 is 5.97 Å². The van der Waals surface area contributed by atoms with Crippen LogP contribution in [0.25, 0.3) is 6.08 Å². The van der Waals surface area contributed by atoms with Crippen LogP contribution in [0, 0.1) is 0 Å². The molecule has 1 aromatic carbocycles. The maximum absolute atomic E-state index is 11.6. The van der Waals surface area contributed by atoms with Gasteiger partial charge in [0.1, 0.15) is 17.0 Å². The Morgan fingerprint density at radius 3 is 2.65 bits per heavy atom. The summed E-state index contributed by atoms with van der Waals surface area (Å²) in [6.45, 7) is 1.64. The van der Waals surface area contributed by atoms with E-state index in [1.165, 1.54) is 7.11 Å². The van der Waals surface area contributed by atoms with Crippen LogP contribution in [0.15, 0.2) is 46.3 Å². The number of benzene rings is 1. The minimum Gasteiger partial charge on any atom is -0.505 e. The predicted octanol–water partition coefficient (Wildman–Crippen LogP) is 2.50. The van der Waals surface area contributed by atoms with Crippen molar-refractivity contribution in [2.24, 2.45) is 4.99 Å². The Kier molecular flexibility index (Phi) is 3.89. The number of methoxy groups -OCH3 is 2. The van der Waals surface area contributed by atoms with Crippen LogP contribution < -0.4 is 4.74 Å². The number of hydrogen-bond donors (Lipinski definition) is 1. The molecule has 5 heteroatoms. The number of esters is 1. The van der Waals surface area contributed by atoms with Gasteiger partial charge in [-0.05, 0) is 19.1 Å². The van der Waals surface area contributed by atoms with Crippen LogP contribution >= 0.6 is 0 Å². The number of carbonyl (C=O) groups excluding carboxylic acids is 1. The van der Waals surface area contributed by atoms with E-state index in [1.807, 2.05) is 18.2 Å². The van der Waals surface area contributed by atoms with E-state index in [0.717, 1.165) is 5.56 Å². The van der Waals surface area contributed by atoms with Crippen molar-refractivity contribution in [1.29, 1.82) is 0 Å². The zero-order valence-electron chi connectivity index (χ0n) is 11.5. The Labute approximate surface area is 116 Å². The summed E-state index contributed by atoms with van der Waals surface area (Å²) in [7, 11) is 2.83. The molecule has 0 fully saturated rings. The van der Waals surface area contributed by atoms with Gasteiger partial charge in [-0.3, -0.25) is 0 Å². The van der Waals surface area contributed by atoms with Crippen molar-refractivity contribution >= 4 is 17.8 Å². The Hall–Kier alpha value is -2.56. The van der Waals surface area contributed by atoms with Crippen LogP contribution in [0.4, 0.5) is 0 Å². The second kappa shape index (κ2) is 5.61. The summed E-state index contributed by atoms with van der Waals surface area (Å²) in [6.07, 6.45) is 1.66. The standard InChI is InChI=1S/C15H15NO4/c1-9-13(15(18)20-3)14(17)11(16-9)8-10-6-4-5-7-12(10)19-2/h4-8,17H,1-3H3. The van der Waals surface area contributed by atoms with Gasteiger partial charge in [-0.1, -0.05) is 18.2 Å². The van der Waals surface area contributed by atoms with Crippen molar-refractivity contribution in [3.05, 3.63) is 46.9 Å². The summed E-state index contributed by atoms with van der Waals surface area (Å²) >= 11 is 0. The summed E-state index contributed by atoms with van der Waals surface area (Å²) in [5.41, 5.74) is 1.59. The number of nitrogens with zero attached hydrogens (tertiary/aromatic N) is 1. The lowest BCUT2D eigenvalue weighted by Crippen LogP contribution is -2.11. The van der Waals surface area contributed by atoms with Crippen LogP contribution in [-0.2, 0) is 9.53 Å². The summed E-state index contributed by atoms with van der Waals surface area (Å²) in [5.74, 6) is -0.125. The lowest BCUT2D eigenvalue weighted by Gasteiger charge is -2.04. The first kappa shape index (κ1) is 13.9. The number of aliphatic hydroxyl groups excluding tert-OH is 1. The molecule has 1 N–H and O–H groups in total. The summed E-state index contributed by atoms with van der Waals surface area (Å²) in [6, 6.07) is 7.34. The van der Waals surface area contributed by atoms with Crippen molar-refractivity contribution in [2.45, 2.75) is 6.92 Å². The van der Waals surface area contributed by atoms with Gasteiger partial charge in [0.25, 0.3) is 0 Å². The highest BCUT2D eigenvalue weighted by molar-refractivity contribution is 6.22. The van der Waals surface area contributed by atoms with Gasteiger partial charge < -0.3 is 14.6 Å². The third kappa shape index (κ3) is 2.42. The van der Waals surface area contributed by atoms with Crippen molar-refractivity contribution in [3.63, 3.8) is 0 Å². The molecule has 0 aromatic heterocycles. The molecule has 2 rings (SSSR count). The fourth-order valence-corrected chi connectivity index (χ4v) is 1.97. The lowest BCUT2D eigenvalue weighted by molar-refractivity contribution is -0.135. The van der Waals surface area contributed by atoms with Crippen molar-refractivity contribution < 1.29 is 19.4 Å². The maximum Gasteiger partial charge on any atom is 0.343 e. The Morgan fingerprint density at radius 1 is 1.30 bits per heavy atom. The SMILES string of the molecule is COC(=O)C1=C(O)C(=Cc2ccccc2OC)N=C1C. The smallest absolute Gasteiger partial charge is 0.343 e. The molecule has 0 radical (unpaired) electrons. The molecule has 0 aliphatic carbocycles. The van der Waals surface area contributed by atoms with Crippen LogP contribution in [0.5, 0.6) is 5.75 Å². The number of rotatable bonds is 3. The molecule has 20 heavy (non-hydrogen) atoms. The molecule has 0 saturated heterocycles.